The third kappa shape index (κ3) is 5.70. The van der Waals surface area contributed by atoms with Crippen LogP contribution in [-0.4, -0.2) is 41.4 Å². The van der Waals surface area contributed by atoms with Gasteiger partial charge in [0.05, 0.1) is 0 Å². The Kier molecular flexibility index (Phi) is 7.17. The lowest BCUT2D eigenvalue weighted by Gasteiger charge is -2.22. The third-order valence-electron chi connectivity index (χ3n) is 3.69. The van der Waals surface area contributed by atoms with Crippen molar-refractivity contribution >= 4 is 23.4 Å². The molecule has 0 radical (unpaired) electrons. The maximum atomic E-state index is 10.0. The van der Waals surface area contributed by atoms with Gasteiger partial charge in [0.15, 0.2) is 0 Å². The normalized spacial score (nSPS) is 23.2. The molecular formula is C16H24ClNO2S. The van der Waals surface area contributed by atoms with Gasteiger partial charge < -0.3 is 15.2 Å². The standard InChI is InChI=1S/C16H24ClNO2S/c1-2-21-16-8-4-7-15(16)18-10-13(19)11-20-14-6-3-5-12(17)9-14/h3,5-6,9,13,15-16,18-19H,2,4,7-8,10-11H2,1H3. The second kappa shape index (κ2) is 8.89. The van der Waals surface area contributed by atoms with Crippen LogP contribution in [0.15, 0.2) is 24.3 Å². The molecule has 0 amide bonds. The van der Waals surface area contributed by atoms with Crippen LogP contribution in [0.5, 0.6) is 5.75 Å². The zero-order chi connectivity index (χ0) is 15.1. The number of rotatable bonds is 8. The first kappa shape index (κ1) is 16.9. The Balaban J connectivity index is 1.68. The van der Waals surface area contributed by atoms with E-state index in [9.17, 15) is 5.11 Å². The lowest BCUT2D eigenvalue weighted by molar-refractivity contribution is 0.104. The van der Waals surface area contributed by atoms with Crippen molar-refractivity contribution in [3.8, 4) is 5.75 Å². The van der Waals surface area contributed by atoms with Crippen molar-refractivity contribution in [2.75, 3.05) is 18.9 Å². The number of hydrogen-bond acceptors (Lipinski definition) is 4. The molecule has 1 aromatic rings. The number of aliphatic hydroxyl groups excluding tert-OH is 1. The quantitative estimate of drug-likeness (QED) is 0.767. The fraction of sp³-hybridized carbons (Fsp3) is 0.625. The van der Waals surface area contributed by atoms with E-state index in [0.717, 1.165) is 5.75 Å². The molecular weight excluding hydrogens is 306 g/mol. The maximum Gasteiger partial charge on any atom is 0.120 e. The highest BCUT2D eigenvalue weighted by atomic mass is 35.5. The molecule has 3 unspecified atom stereocenters. The zero-order valence-corrected chi connectivity index (χ0v) is 14.0. The number of halogens is 1. The number of thioether (sulfide) groups is 1. The summed E-state index contributed by atoms with van der Waals surface area (Å²) < 4.78 is 5.56. The van der Waals surface area contributed by atoms with Gasteiger partial charge in [-0.3, -0.25) is 0 Å². The summed E-state index contributed by atoms with van der Waals surface area (Å²) in [6, 6.07) is 7.77. The Bertz CT molecular complexity index is 432. The molecule has 1 saturated carbocycles. The summed E-state index contributed by atoms with van der Waals surface area (Å²) in [5, 5.41) is 14.9. The number of hydrogen-bond donors (Lipinski definition) is 2. The van der Waals surface area contributed by atoms with Crippen molar-refractivity contribution < 1.29 is 9.84 Å². The largest absolute Gasteiger partial charge is 0.491 e. The Morgan fingerprint density at radius 3 is 3.10 bits per heavy atom. The Hall–Kier alpha value is -0.420. The lowest BCUT2D eigenvalue weighted by Crippen LogP contribution is -2.40. The molecule has 5 heteroatoms. The van der Waals surface area contributed by atoms with Gasteiger partial charge >= 0.3 is 0 Å². The molecule has 1 aliphatic rings. The van der Waals surface area contributed by atoms with Crippen molar-refractivity contribution in [1.82, 2.24) is 5.32 Å². The van der Waals surface area contributed by atoms with Gasteiger partial charge in [-0.2, -0.15) is 11.8 Å². The van der Waals surface area contributed by atoms with E-state index in [2.05, 4.69) is 12.2 Å². The van der Waals surface area contributed by atoms with E-state index >= 15 is 0 Å². The molecule has 0 bridgehead atoms. The second-order valence-corrected chi connectivity index (χ2v) is 7.31. The summed E-state index contributed by atoms with van der Waals surface area (Å²) in [4.78, 5) is 0. The monoisotopic (exact) mass is 329 g/mol. The lowest BCUT2D eigenvalue weighted by atomic mass is 10.2. The van der Waals surface area contributed by atoms with E-state index in [0.29, 0.717) is 28.6 Å². The molecule has 1 fully saturated rings. The minimum absolute atomic E-state index is 0.283. The van der Waals surface area contributed by atoms with Crippen LogP contribution in [0.25, 0.3) is 0 Å². The fourth-order valence-corrected chi connectivity index (χ4v) is 4.08. The minimum Gasteiger partial charge on any atom is -0.491 e. The molecule has 0 heterocycles. The zero-order valence-electron chi connectivity index (χ0n) is 12.4. The van der Waals surface area contributed by atoms with Crippen LogP contribution in [0.2, 0.25) is 5.02 Å². The van der Waals surface area contributed by atoms with Crippen molar-refractivity contribution in [3.63, 3.8) is 0 Å². The number of nitrogens with one attached hydrogen (secondary N) is 1. The molecule has 0 aromatic heterocycles. The third-order valence-corrected chi connectivity index (χ3v) is 5.25. The first-order valence-corrected chi connectivity index (χ1v) is 9.03. The highest BCUT2D eigenvalue weighted by Gasteiger charge is 2.27. The van der Waals surface area contributed by atoms with Crippen molar-refractivity contribution in [3.05, 3.63) is 29.3 Å². The molecule has 118 valence electrons. The molecule has 2 rings (SSSR count). The van der Waals surface area contributed by atoms with Gasteiger partial charge in [0.2, 0.25) is 0 Å². The van der Waals surface area contributed by atoms with Crippen LogP contribution in [0, 0.1) is 0 Å². The topological polar surface area (TPSA) is 41.5 Å². The molecule has 2 N–H and O–H groups in total. The first-order valence-electron chi connectivity index (χ1n) is 7.60. The van der Waals surface area contributed by atoms with Gasteiger partial charge in [-0.1, -0.05) is 31.0 Å². The Morgan fingerprint density at radius 2 is 2.33 bits per heavy atom. The van der Waals surface area contributed by atoms with Crippen LogP contribution in [0.1, 0.15) is 26.2 Å². The summed E-state index contributed by atoms with van der Waals surface area (Å²) in [7, 11) is 0. The van der Waals surface area contributed by atoms with E-state index < -0.39 is 6.10 Å². The summed E-state index contributed by atoms with van der Waals surface area (Å²) in [5.74, 6) is 1.85. The van der Waals surface area contributed by atoms with Crippen LogP contribution < -0.4 is 10.1 Å². The number of benzene rings is 1. The van der Waals surface area contributed by atoms with Crippen molar-refractivity contribution in [2.45, 2.75) is 43.6 Å². The van der Waals surface area contributed by atoms with E-state index in [1.54, 1.807) is 12.1 Å². The number of aliphatic hydroxyl groups is 1. The maximum absolute atomic E-state index is 10.0. The average molecular weight is 330 g/mol. The van der Waals surface area contributed by atoms with Crippen LogP contribution in [0.3, 0.4) is 0 Å². The van der Waals surface area contributed by atoms with E-state index in [1.807, 2.05) is 23.9 Å². The SMILES string of the molecule is CCSC1CCCC1NCC(O)COc1cccc(Cl)c1. The molecule has 0 aliphatic heterocycles. The summed E-state index contributed by atoms with van der Waals surface area (Å²) in [5.41, 5.74) is 0. The Morgan fingerprint density at radius 1 is 1.48 bits per heavy atom. The van der Waals surface area contributed by atoms with Gasteiger partial charge in [-0.25, -0.2) is 0 Å². The van der Waals surface area contributed by atoms with E-state index in [4.69, 9.17) is 16.3 Å². The average Bonchev–Trinajstić information content (AvgIpc) is 2.91. The van der Waals surface area contributed by atoms with Gasteiger partial charge in [-0.05, 0) is 36.8 Å². The van der Waals surface area contributed by atoms with E-state index in [-0.39, 0.29) is 6.61 Å². The highest BCUT2D eigenvalue weighted by Crippen LogP contribution is 2.29. The van der Waals surface area contributed by atoms with E-state index in [1.165, 1.54) is 19.3 Å². The number of ether oxygens (including phenoxy) is 1. The van der Waals surface area contributed by atoms with Crippen LogP contribution in [0.4, 0.5) is 0 Å². The van der Waals surface area contributed by atoms with Crippen molar-refractivity contribution in [2.24, 2.45) is 0 Å². The summed E-state index contributed by atoms with van der Waals surface area (Å²) >= 11 is 7.92. The molecule has 3 atom stereocenters. The summed E-state index contributed by atoms with van der Waals surface area (Å²) in [6.07, 6.45) is 3.27. The van der Waals surface area contributed by atoms with Gasteiger partial charge in [0.1, 0.15) is 18.5 Å². The Labute approximate surface area is 136 Å². The minimum atomic E-state index is -0.503. The first-order chi connectivity index (χ1) is 10.2. The van der Waals surface area contributed by atoms with Gasteiger partial charge in [0, 0.05) is 22.9 Å². The molecule has 1 aromatic carbocycles. The fourth-order valence-electron chi connectivity index (χ4n) is 2.67. The molecule has 0 spiro atoms. The van der Waals surface area contributed by atoms with Crippen LogP contribution >= 0.6 is 23.4 Å². The molecule has 0 saturated heterocycles. The molecule has 1 aliphatic carbocycles. The highest BCUT2D eigenvalue weighted by molar-refractivity contribution is 7.99. The van der Waals surface area contributed by atoms with Crippen molar-refractivity contribution in [1.29, 1.82) is 0 Å². The van der Waals surface area contributed by atoms with Gasteiger partial charge in [-0.15, -0.1) is 0 Å². The predicted molar refractivity (Wildman–Crippen MR) is 90.5 cm³/mol. The van der Waals surface area contributed by atoms with Gasteiger partial charge in [0.25, 0.3) is 0 Å². The smallest absolute Gasteiger partial charge is 0.120 e. The summed E-state index contributed by atoms with van der Waals surface area (Å²) in [6.45, 7) is 3.06. The molecule has 3 nitrogen and oxygen atoms in total. The van der Waals surface area contributed by atoms with Crippen LogP contribution in [-0.2, 0) is 0 Å². The molecule has 21 heavy (non-hydrogen) atoms. The predicted octanol–water partition coefficient (Wildman–Crippen LogP) is 3.34. The second-order valence-electron chi connectivity index (χ2n) is 5.36.